The van der Waals surface area contributed by atoms with E-state index in [9.17, 15) is 0 Å². The molecule has 0 bridgehead atoms. The third kappa shape index (κ3) is 3.09. The molecule has 104 valence electrons. The van der Waals surface area contributed by atoms with Crippen LogP contribution in [0, 0.1) is 0 Å². The van der Waals surface area contributed by atoms with Gasteiger partial charge in [0.15, 0.2) is 0 Å². The number of rotatable bonds is 5. The van der Waals surface area contributed by atoms with E-state index in [1.165, 1.54) is 41.6 Å². The third-order valence-electron chi connectivity index (χ3n) is 4.08. The van der Waals surface area contributed by atoms with Gasteiger partial charge >= 0.3 is 0 Å². The summed E-state index contributed by atoms with van der Waals surface area (Å²) in [6.45, 7) is 3.98. The summed E-state index contributed by atoms with van der Waals surface area (Å²) in [5.41, 5.74) is 11.3. The number of aryl methyl sites for hydroxylation is 1. The van der Waals surface area contributed by atoms with Crippen molar-refractivity contribution in [3.63, 3.8) is 0 Å². The summed E-state index contributed by atoms with van der Waals surface area (Å²) >= 11 is 0. The molecule has 0 unspecified atom stereocenters. The Kier molecular flexibility index (Phi) is 4.14. The number of hydrogen-bond donors (Lipinski definition) is 1. The molecular formula is C18H22N2. The van der Waals surface area contributed by atoms with Crippen molar-refractivity contribution in [2.24, 2.45) is 5.73 Å². The lowest BCUT2D eigenvalue weighted by molar-refractivity contribution is 0.280. The molecule has 0 aliphatic carbocycles. The fourth-order valence-electron chi connectivity index (χ4n) is 2.95. The van der Waals surface area contributed by atoms with Crippen molar-refractivity contribution in [1.29, 1.82) is 0 Å². The van der Waals surface area contributed by atoms with E-state index in [1.54, 1.807) is 0 Å². The van der Waals surface area contributed by atoms with E-state index in [2.05, 4.69) is 53.4 Å². The van der Waals surface area contributed by atoms with Gasteiger partial charge in [0, 0.05) is 19.6 Å². The fraction of sp³-hybridized carbons (Fsp3) is 0.333. The highest BCUT2D eigenvalue weighted by atomic mass is 15.1. The Balaban J connectivity index is 1.51. The third-order valence-corrected chi connectivity index (χ3v) is 4.08. The van der Waals surface area contributed by atoms with Gasteiger partial charge in [-0.3, -0.25) is 4.90 Å². The Labute approximate surface area is 121 Å². The van der Waals surface area contributed by atoms with E-state index in [0.717, 1.165) is 13.1 Å². The predicted octanol–water partition coefficient (Wildman–Crippen LogP) is 3.09. The van der Waals surface area contributed by atoms with Crippen LogP contribution in [-0.2, 0) is 26.1 Å². The molecule has 0 saturated heterocycles. The highest BCUT2D eigenvalue weighted by Crippen LogP contribution is 2.24. The smallest absolute Gasteiger partial charge is 0.0240 e. The molecule has 0 atom stereocenters. The lowest BCUT2D eigenvalue weighted by atomic mass is 10.1. The van der Waals surface area contributed by atoms with Crippen molar-refractivity contribution in [2.75, 3.05) is 6.54 Å². The van der Waals surface area contributed by atoms with Crippen molar-refractivity contribution in [1.82, 2.24) is 4.90 Å². The molecule has 3 rings (SSSR count). The summed E-state index contributed by atoms with van der Waals surface area (Å²) in [5, 5.41) is 0. The Hall–Kier alpha value is -1.64. The molecule has 0 radical (unpaired) electrons. The molecule has 2 N–H and O–H groups in total. The molecular weight excluding hydrogens is 244 g/mol. The van der Waals surface area contributed by atoms with Crippen LogP contribution < -0.4 is 5.73 Å². The van der Waals surface area contributed by atoms with Crippen LogP contribution in [0.1, 0.15) is 28.7 Å². The number of fused-ring (bicyclic) bond motifs is 1. The minimum absolute atomic E-state index is 0.640. The van der Waals surface area contributed by atoms with E-state index in [-0.39, 0.29) is 0 Å². The second-order valence-corrected chi connectivity index (χ2v) is 5.61. The first-order chi connectivity index (χ1) is 9.85. The Morgan fingerprint density at radius 2 is 1.70 bits per heavy atom. The van der Waals surface area contributed by atoms with E-state index in [4.69, 9.17) is 5.73 Å². The number of nitrogens with two attached hydrogens (primary N) is 1. The number of benzene rings is 2. The van der Waals surface area contributed by atoms with Crippen LogP contribution >= 0.6 is 0 Å². The van der Waals surface area contributed by atoms with Gasteiger partial charge in [-0.1, -0.05) is 48.5 Å². The van der Waals surface area contributed by atoms with Crippen LogP contribution in [0.3, 0.4) is 0 Å². The van der Waals surface area contributed by atoms with Crippen molar-refractivity contribution in [2.45, 2.75) is 32.5 Å². The van der Waals surface area contributed by atoms with Crippen molar-refractivity contribution < 1.29 is 0 Å². The topological polar surface area (TPSA) is 29.3 Å². The van der Waals surface area contributed by atoms with Gasteiger partial charge in [-0.15, -0.1) is 0 Å². The Bertz CT molecular complexity index is 563. The minimum atomic E-state index is 0.640. The minimum Gasteiger partial charge on any atom is -0.326 e. The average Bonchev–Trinajstić information content (AvgIpc) is 2.90. The largest absolute Gasteiger partial charge is 0.326 e. The highest BCUT2D eigenvalue weighted by molar-refractivity contribution is 5.34. The average molecular weight is 266 g/mol. The molecule has 20 heavy (non-hydrogen) atoms. The zero-order chi connectivity index (χ0) is 13.8. The van der Waals surface area contributed by atoms with Gasteiger partial charge in [0.2, 0.25) is 0 Å². The summed E-state index contributed by atoms with van der Waals surface area (Å²) in [4.78, 5) is 2.54. The molecule has 0 saturated carbocycles. The van der Waals surface area contributed by atoms with E-state index >= 15 is 0 Å². The maximum absolute atomic E-state index is 5.71. The maximum atomic E-state index is 5.71. The first-order valence-electron chi connectivity index (χ1n) is 7.42. The van der Waals surface area contributed by atoms with E-state index in [1.807, 2.05) is 0 Å². The maximum Gasteiger partial charge on any atom is 0.0240 e. The zero-order valence-electron chi connectivity index (χ0n) is 11.9. The highest BCUT2D eigenvalue weighted by Gasteiger charge is 2.18. The van der Waals surface area contributed by atoms with E-state index in [0.29, 0.717) is 6.54 Å². The standard InChI is InChI=1S/C18H22N2/c19-12-16-8-9-17-13-20(14-18(17)11-16)10-4-7-15-5-2-1-3-6-15/h1-3,5-6,8-9,11H,4,7,10,12-14,19H2. The number of hydrogen-bond acceptors (Lipinski definition) is 2. The van der Waals surface area contributed by atoms with Gasteiger partial charge in [-0.25, -0.2) is 0 Å². The van der Waals surface area contributed by atoms with Crippen LogP contribution in [-0.4, -0.2) is 11.4 Å². The molecule has 2 heteroatoms. The lowest BCUT2D eigenvalue weighted by Gasteiger charge is -2.14. The van der Waals surface area contributed by atoms with Gasteiger partial charge in [0.25, 0.3) is 0 Å². The normalized spacial score (nSPS) is 14.4. The summed E-state index contributed by atoms with van der Waals surface area (Å²) in [6, 6.07) is 17.4. The van der Waals surface area contributed by atoms with Gasteiger partial charge < -0.3 is 5.73 Å². The monoisotopic (exact) mass is 266 g/mol. The van der Waals surface area contributed by atoms with Crippen molar-refractivity contribution >= 4 is 0 Å². The van der Waals surface area contributed by atoms with Crippen LogP contribution in [0.2, 0.25) is 0 Å². The summed E-state index contributed by atoms with van der Waals surface area (Å²) in [6.07, 6.45) is 2.39. The molecule has 0 aromatic heterocycles. The SMILES string of the molecule is NCc1ccc2c(c1)CN(CCCc1ccccc1)C2. The first kappa shape index (κ1) is 13.3. The molecule has 2 aromatic carbocycles. The van der Waals surface area contributed by atoms with Crippen LogP contribution in [0.5, 0.6) is 0 Å². The Morgan fingerprint density at radius 1 is 0.900 bits per heavy atom. The van der Waals surface area contributed by atoms with Crippen LogP contribution in [0.4, 0.5) is 0 Å². The van der Waals surface area contributed by atoms with Crippen molar-refractivity contribution in [3.05, 3.63) is 70.8 Å². The molecule has 0 spiro atoms. The fourth-order valence-corrected chi connectivity index (χ4v) is 2.95. The first-order valence-corrected chi connectivity index (χ1v) is 7.42. The lowest BCUT2D eigenvalue weighted by Crippen LogP contribution is -2.18. The van der Waals surface area contributed by atoms with E-state index < -0.39 is 0 Å². The zero-order valence-corrected chi connectivity index (χ0v) is 11.9. The number of nitrogens with zero attached hydrogens (tertiary/aromatic N) is 1. The second kappa shape index (κ2) is 6.21. The Morgan fingerprint density at radius 3 is 2.50 bits per heavy atom. The molecule has 2 nitrogen and oxygen atoms in total. The second-order valence-electron chi connectivity index (χ2n) is 5.61. The molecule has 1 aliphatic heterocycles. The predicted molar refractivity (Wildman–Crippen MR) is 83.2 cm³/mol. The van der Waals surface area contributed by atoms with Crippen molar-refractivity contribution in [3.8, 4) is 0 Å². The molecule has 0 amide bonds. The molecule has 1 aliphatic rings. The molecule has 0 fully saturated rings. The van der Waals surface area contributed by atoms with Crippen LogP contribution in [0.25, 0.3) is 0 Å². The molecule has 2 aromatic rings. The quantitative estimate of drug-likeness (QED) is 0.901. The summed E-state index contributed by atoms with van der Waals surface area (Å²) < 4.78 is 0. The van der Waals surface area contributed by atoms with Crippen LogP contribution in [0.15, 0.2) is 48.5 Å². The van der Waals surface area contributed by atoms with Gasteiger partial charge in [-0.2, -0.15) is 0 Å². The van der Waals surface area contributed by atoms with Gasteiger partial charge in [0.1, 0.15) is 0 Å². The van der Waals surface area contributed by atoms with Gasteiger partial charge in [-0.05, 0) is 41.6 Å². The summed E-state index contributed by atoms with van der Waals surface area (Å²) in [7, 11) is 0. The van der Waals surface area contributed by atoms with Gasteiger partial charge in [0.05, 0.1) is 0 Å². The molecule has 1 heterocycles. The summed E-state index contributed by atoms with van der Waals surface area (Å²) in [5.74, 6) is 0.